The maximum absolute atomic E-state index is 11.9. The van der Waals surface area contributed by atoms with Crippen LogP contribution in [0.25, 0.3) is 0 Å². The zero-order chi connectivity index (χ0) is 19.6. The summed E-state index contributed by atoms with van der Waals surface area (Å²) in [6.45, 7) is 3.94. The van der Waals surface area contributed by atoms with Gasteiger partial charge in [0.25, 0.3) is 5.91 Å². The zero-order valence-corrected chi connectivity index (χ0v) is 15.5. The molecule has 0 unspecified atom stereocenters. The van der Waals surface area contributed by atoms with E-state index in [1.165, 1.54) is 18.4 Å². The number of hydrogen-bond donors (Lipinski definition) is 2. The molecule has 1 aromatic heterocycles. The molecule has 9 heteroatoms. The van der Waals surface area contributed by atoms with Crippen molar-refractivity contribution in [2.75, 3.05) is 25.6 Å². The van der Waals surface area contributed by atoms with Crippen molar-refractivity contribution in [1.82, 2.24) is 10.3 Å². The van der Waals surface area contributed by atoms with Gasteiger partial charge in [-0.2, -0.15) is 0 Å². The van der Waals surface area contributed by atoms with E-state index in [2.05, 4.69) is 26.9 Å². The SMILES string of the molecule is C=CCNc1nc(C(=O)OCC(=O)NCc2ccc(C(=O)OC)cc2)cs1. The second-order valence-electron chi connectivity index (χ2n) is 5.25. The number of carbonyl (C=O) groups excluding carboxylic acids is 3. The van der Waals surface area contributed by atoms with Gasteiger partial charge in [-0.25, -0.2) is 14.6 Å². The summed E-state index contributed by atoms with van der Waals surface area (Å²) in [5, 5.41) is 7.71. The predicted molar refractivity (Wildman–Crippen MR) is 101 cm³/mol. The van der Waals surface area contributed by atoms with Crippen LogP contribution in [0.5, 0.6) is 0 Å². The number of benzene rings is 1. The second-order valence-corrected chi connectivity index (χ2v) is 6.11. The molecule has 0 aliphatic rings. The van der Waals surface area contributed by atoms with Crippen molar-refractivity contribution >= 4 is 34.3 Å². The number of anilines is 1. The van der Waals surface area contributed by atoms with Crippen LogP contribution < -0.4 is 10.6 Å². The third kappa shape index (κ3) is 6.23. The topological polar surface area (TPSA) is 107 Å². The third-order valence-corrected chi connectivity index (χ3v) is 4.11. The Balaban J connectivity index is 1.75. The average Bonchev–Trinajstić information content (AvgIpc) is 3.17. The first-order chi connectivity index (χ1) is 13.0. The van der Waals surface area contributed by atoms with Crippen LogP contribution in [-0.4, -0.2) is 43.1 Å². The average molecular weight is 389 g/mol. The van der Waals surface area contributed by atoms with E-state index in [9.17, 15) is 14.4 Å². The maximum atomic E-state index is 11.9. The molecule has 1 amide bonds. The first kappa shape index (κ1) is 20.1. The van der Waals surface area contributed by atoms with Crippen LogP contribution in [0.4, 0.5) is 5.13 Å². The molecule has 2 N–H and O–H groups in total. The minimum absolute atomic E-state index is 0.137. The van der Waals surface area contributed by atoms with E-state index in [0.717, 1.165) is 5.56 Å². The standard InChI is InChI=1S/C18H19N3O5S/c1-3-8-19-18-21-14(11-27-18)17(24)26-10-15(22)20-9-12-4-6-13(7-5-12)16(23)25-2/h3-7,11H,1,8-10H2,2H3,(H,19,21)(H,20,22). The molecule has 1 heterocycles. The van der Waals surface area contributed by atoms with Gasteiger partial charge in [0.05, 0.1) is 12.7 Å². The Morgan fingerprint density at radius 3 is 2.63 bits per heavy atom. The van der Waals surface area contributed by atoms with Gasteiger partial charge in [0, 0.05) is 18.5 Å². The Hall–Kier alpha value is -3.20. The molecule has 0 aliphatic carbocycles. The van der Waals surface area contributed by atoms with Crippen molar-refractivity contribution in [2.24, 2.45) is 0 Å². The number of amides is 1. The quantitative estimate of drug-likeness (QED) is 0.499. The van der Waals surface area contributed by atoms with Crippen molar-refractivity contribution in [3.05, 3.63) is 59.1 Å². The number of nitrogens with zero attached hydrogens (tertiary/aromatic N) is 1. The van der Waals surface area contributed by atoms with Crippen LogP contribution in [0.2, 0.25) is 0 Å². The third-order valence-electron chi connectivity index (χ3n) is 3.31. The highest BCUT2D eigenvalue weighted by molar-refractivity contribution is 7.13. The monoisotopic (exact) mass is 389 g/mol. The van der Waals surface area contributed by atoms with Crippen molar-refractivity contribution < 1.29 is 23.9 Å². The lowest BCUT2D eigenvalue weighted by molar-refractivity contribution is -0.124. The van der Waals surface area contributed by atoms with Gasteiger partial charge in [-0.3, -0.25) is 4.79 Å². The van der Waals surface area contributed by atoms with Gasteiger partial charge in [-0.15, -0.1) is 17.9 Å². The van der Waals surface area contributed by atoms with Gasteiger partial charge < -0.3 is 20.1 Å². The molecule has 142 valence electrons. The van der Waals surface area contributed by atoms with Crippen molar-refractivity contribution in [3.8, 4) is 0 Å². The molecule has 0 aliphatic heterocycles. The summed E-state index contributed by atoms with van der Waals surface area (Å²) in [5.74, 6) is -1.54. The number of thiazole rings is 1. The lowest BCUT2D eigenvalue weighted by atomic mass is 10.1. The largest absolute Gasteiger partial charge is 0.465 e. The summed E-state index contributed by atoms with van der Waals surface area (Å²) in [5.41, 5.74) is 1.35. The van der Waals surface area contributed by atoms with E-state index in [1.54, 1.807) is 35.7 Å². The fraction of sp³-hybridized carbons (Fsp3) is 0.222. The van der Waals surface area contributed by atoms with Gasteiger partial charge in [0.15, 0.2) is 17.4 Å². The lowest BCUT2D eigenvalue weighted by Gasteiger charge is -2.06. The number of methoxy groups -OCH3 is 1. The van der Waals surface area contributed by atoms with E-state index in [1.807, 2.05) is 0 Å². The van der Waals surface area contributed by atoms with E-state index in [4.69, 9.17) is 4.74 Å². The highest BCUT2D eigenvalue weighted by Gasteiger charge is 2.14. The van der Waals surface area contributed by atoms with Crippen LogP contribution in [0.1, 0.15) is 26.4 Å². The molecular formula is C18H19N3O5S. The molecule has 8 nitrogen and oxygen atoms in total. The molecule has 0 radical (unpaired) electrons. The van der Waals surface area contributed by atoms with Crippen LogP contribution in [0.3, 0.4) is 0 Å². The Bertz CT molecular complexity index is 817. The van der Waals surface area contributed by atoms with Crippen LogP contribution in [0.15, 0.2) is 42.3 Å². The van der Waals surface area contributed by atoms with Gasteiger partial charge >= 0.3 is 11.9 Å². The van der Waals surface area contributed by atoms with Crippen molar-refractivity contribution in [1.29, 1.82) is 0 Å². The molecule has 0 saturated heterocycles. The molecule has 0 atom stereocenters. The predicted octanol–water partition coefficient (Wildman–Crippen LogP) is 2.00. The first-order valence-electron chi connectivity index (χ1n) is 7.95. The number of nitrogens with one attached hydrogen (secondary N) is 2. The Labute approximate surface area is 160 Å². The fourth-order valence-corrected chi connectivity index (χ4v) is 2.63. The molecule has 0 saturated carbocycles. The second kappa shape index (κ2) is 10.1. The molecular weight excluding hydrogens is 370 g/mol. The van der Waals surface area contributed by atoms with Crippen LogP contribution in [0, 0.1) is 0 Å². The summed E-state index contributed by atoms with van der Waals surface area (Å²) >= 11 is 1.26. The number of esters is 2. The van der Waals surface area contributed by atoms with Crippen LogP contribution in [-0.2, 0) is 20.8 Å². The number of aromatic nitrogens is 1. The first-order valence-corrected chi connectivity index (χ1v) is 8.82. The van der Waals surface area contributed by atoms with Gasteiger partial charge in [0.2, 0.25) is 0 Å². The lowest BCUT2D eigenvalue weighted by Crippen LogP contribution is -2.28. The summed E-state index contributed by atoms with van der Waals surface area (Å²) in [7, 11) is 1.31. The molecule has 0 fully saturated rings. The van der Waals surface area contributed by atoms with Gasteiger partial charge in [-0.1, -0.05) is 18.2 Å². The Kier molecular flexibility index (Phi) is 7.50. The summed E-state index contributed by atoms with van der Waals surface area (Å²) in [6.07, 6.45) is 1.67. The Morgan fingerprint density at radius 1 is 1.22 bits per heavy atom. The zero-order valence-electron chi connectivity index (χ0n) is 14.7. The van der Waals surface area contributed by atoms with E-state index >= 15 is 0 Å². The number of ether oxygens (including phenoxy) is 2. The molecule has 0 spiro atoms. The fourth-order valence-electron chi connectivity index (χ4n) is 1.94. The molecule has 2 rings (SSSR count). The summed E-state index contributed by atoms with van der Waals surface area (Å²) in [6, 6.07) is 6.61. The normalized spacial score (nSPS) is 9.96. The molecule has 27 heavy (non-hydrogen) atoms. The van der Waals surface area contributed by atoms with Crippen molar-refractivity contribution in [3.63, 3.8) is 0 Å². The van der Waals surface area contributed by atoms with E-state index in [-0.39, 0.29) is 12.2 Å². The number of rotatable bonds is 9. The maximum Gasteiger partial charge on any atom is 0.358 e. The Morgan fingerprint density at radius 2 is 1.96 bits per heavy atom. The summed E-state index contributed by atoms with van der Waals surface area (Å²) in [4.78, 5) is 39.1. The van der Waals surface area contributed by atoms with Crippen LogP contribution >= 0.6 is 11.3 Å². The highest BCUT2D eigenvalue weighted by Crippen LogP contribution is 2.15. The van der Waals surface area contributed by atoms with Crippen molar-refractivity contribution in [2.45, 2.75) is 6.54 Å². The van der Waals surface area contributed by atoms with E-state index < -0.39 is 24.5 Å². The number of carbonyl (C=O) groups is 3. The number of hydrogen-bond acceptors (Lipinski definition) is 8. The smallest absolute Gasteiger partial charge is 0.358 e. The summed E-state index contributed by atoms with van der Waals surface area (Å²) < 4.78 is 9.56. The highest BCUT2D eigenvalue weighted by atomic mass is 32.1. The van der Waals surface area contributed by atoms with E-state index in [0.29, 0.717) is 17.2 Å². The molecule has 0 bridgehead atoms. The molecule has 1 aromatic carbocycles. The minimum Gasteiger partial charge on any atom is -0.465 e. The van der Waals surface area contributed by atoms with Gasteiger partial charge in [0.1, 0.15) is 0 Å². The molecule has 2 aromatic rings. The van der Waals surface area contributed by atoms with Gasteiger partial charge in [-0.05, 0) is 17.7 Å². The minimum atomic E-state index is -0.671.